The van der Waals surface area contributed by atoms with Gasteiger partial charge in [-0.3, -0.25) is 0 Å². The van der Waals surface area contributed by atoms with Gasteiger partial charge in [0.1, 0.15) is 0 Å². The van der Waals surface area contributed by atoms with Gasteiger partial charge < -0.3 is 10.6 Å². The number of hydrogen-bond donors (Lipinski definition) is 4. The van der Waals surface area contributed by atoms with Crippen molar-refractivity contribution in [2.45, 2.75) is 69.7 Å². The highest BCUT2D eigenvalue weighted by molar-refractivity contribution is 7.90. The van der Waals surface area contributed by atoms with Crippen molar-refractivity contribution in [3.05, 3.63) is 59.7 Å². The molecular weight excluding hydrogens is 528 g/mol. The SMILES string of the molecule is Cc1ccc(S(=O)(=O)NC(=O)NC[C@@]2(C)C[C@@H](NC(=O)NS(=O)(=O)c3ccc(C)cc3)CC(C)(C)C2)cc1. The number of sulfonamides is 2. The van der Waals surface area contributed by atoms with Crippen molar-refractivity contribution in [3.8, 4) is 0 Å². The van der Waals surface area contributed by atoms with Gasteiger partial charge in [0.15, 0.2) is 0 Å². The number of urea groups is 2. The Balaban J connectivity index is 1.61. The van der Waals surface area contributed by atoms with Crippen LogP contribution < -0.4 is 20.1 Å². The summed E-state index contributed by atoms with van der Waals surface area (Å²) in [5.41, 5.74) is 1.07. The summed E-state index contributed by atoms with van der Waals surface area (Å²) in [4.78, 5) is 25.1. The molecule has 2 aromatic carbocycles. The number of rotatable bonds is 7. The Bertz CT molecular complexity index is 1390. The number of carbonyl (C=O) groups is 2. The number of nitrogens with one attached hydrogen (secondary N) is 4. The van der Waals surface area contributed by atoms with Crippen LogP contribution in [0, 0.1) is 24.7 Å². The lowest BCUT2D eigenvalue weighted by molar-refractivity contribution is 0.0754. The highest BCUT2D eigenvalue weighted by Gasteiger charge is 2.42. The zero-order chi connectivity index (χ0) is 28.4. The minimum atomic E-state index is -4.03. The summed E-state index contributed by atoms with van der Waals surface area (Å²) < 4.78 is 54.3. The Labute approximate surface area is 225 Å². The molecule has 0 radical (unpaired) electrons. The van der Waals surface area contributed by atoms with Crippen LogP contribution in [0.1, 0.15) is 51.2 Å². The van der Waals surface area contributed by atoms with Crippen LogP contribution in [0.2, 0.25) is 0 Å². The van der Waals surface area contributed by atoms with Gasteiger partial charge in [0, 0.05) is 12.6 Å². The van der Waals surface area contributed by atoms with Gasteiger partial charge in [0.2, 0.25) is 0 Å². The molecule has 0 saturated heterocycles. The second kappa shape index (κ2) is 10.9. The van der Waals surface area contributed by atoms with Gasteiger partial charge in [-0.05, 0) is 68.2 Å². The maximum absolute atomic E-state index is 12.6. The van der Waals surface area contributed by atoms with E-state index in [4.69, 9.17) is 0 Å². The molecule has 0 spiro atoms. The summed E-state index contributed by atoms with van der Waals surface area (Å²) in [6.45, 7) is 9.83. The predicted octanol–water partition coefficient (Wildman–Crippen LogP) is 3.56. The molecule has 1 saturated carbocycles. The molecular formula is C26H36N4O6S2. The van der Waals surface area contributed by atoms with E-state index in [2.05, 4.69) is 15.4 Å². The molecule has 2 atom stereocenters. The Morgan fingerprint density at radius 1 is 0.763 bits per heavy atom. The number of amides is 4. The van der Waals surface area contributed by atoms with Crippen LogP contribution in [0.3, 0.4) is 0 Å². The Hall–Kier alpha value is -3.12. The molecule has 10 nitrogen and oxygen atoms in total. The van der Waals surface area contributed by atoms with Gasteiger partial charge in [0.05, 0.1) is 9.79 Å². The van der Waals surface area contributed by atoms with Crippen LogP contribution in [0.15, 0.2) is 58.3 Å². The quantitative estimate of drug-likeness (QED) is 0.404. The third-order valence-electron chi connectivity index (χ3n) is 6.57. The molecule has 12 heteroatoms. The Morgan fingerprint density at radius 2 is 1.21 bits per heavy atom. The third kappa shape index (κ3) is 7.94. The molecule has 38 heavy (non-hydrogen) atoms. The minimum absolute atomic E-state index is 0.0112. The molecule has 1 aliphatic rings. The first kappa shape index (κ1) is 29.4. The first-order valence-electron chi connectivity index (χ1n) is 12.3. The van der Waals surface area contributed by atoms with E-state index in [1.54, 1.807) is 24.3 Å². The number of benzene rings is 2. The van der Waals surface area contributed by atoms with E-state index in [0.29, 0.717) is 19.3 Å². The van der Waals surface area contributed by atoms with Crippen LogP contribution in [-0.2, 0) is 20.0 Å². The van der Waals surface area contributed by atoms with Gasteiger partial charge >= 0.3 is 12.1 Å². The average Bonchev–Trinajstić information content (AvgIpc) is 2.76. The Morgan fingerprint density at radius 3 is 1.68 bits per heavy atom. The molecule has 208 valence electrons. The molecule has 0 unspecified atom stereocenters. The highest BCUT2D eigenvalue weighted by atomic mass is 32.2. The van der Waals surface area contributed by atoms with Crippen LogP contribution in [0.25, 0.3) is 0 Å². The standard InChI is InChI=1S/C26H36N4O6S2/c1-18-6-10-21(11-7-18)37(33,34)29-23(31)27-17-26(5)15-20(14-25(3,4)16-26)28-24(32)30-38(35,36)22-12-8-19(2)9-13-22/h6-13,20H,14-17H2,1-5H3,(H2,27,29,31)(H2,28,30,32)/t20-,26-/m0/s1. The number of aryl methyl sites for hydroxylation is 2. The maximum atomic E-state index is 12.6. The fourth-order valence-corrected chi connectivity index (χ4v) is 7.06. The lowest BCUT2D eigenvalue weighted by Gasteiger charge is -2.46. The summed E-state index contributed by atoms with van der Waals surface area (Å²) in [5.74, 6) is 0. The summed E-state index contributed by atoms with van der Waals surface area (Å²) in [5, 5.41) is 5.42. The van der Waals surface area contributed by atoms with Crippen molar-refractivity contribution in [3.63, 3.8) is 0 Å². The van der Waals surface area contributed by atoms with E-state index in [9.17, 15) is 26.4 Å². The minimum Gasteiger partial charge on any atom is -0.337 e. The van der Waals surface area contributed by atoms with Crippen molar-refractivity contribution >= 4 is 32.1 Å². The van der Waals surface area contributed by atoms with E-state index >= 15 is 0 Å². The zero-order valence-electron chi connectivity index (χ0n) is 22.3. The number of hydrogen-bond acceptors (Lipinski definition) is 6. The topological polar surface area (TPSA) is 151 Å². The molecule has 4 amide bonds. The molecule has 3 rings (SSSR count). The summed E-state index contributed by atoms with van der Waals surface area (Å²) >= 11 is 0. The third-order valence-corrected chi connectivity index (χ3v) is 9.26. The highest BCUT2D eigenvalue weighted by Crippen LogP contribution is 2.45. The van der Waals surface area contributed by atoms with Crippen molar-refractivity contribution in [1.82, 2.24) is 20.1 Å². The van der Waals surface area contributed by atoms with Gasteiger partial charge in [-0.2, -0.15) is 0 Å². The van der Waals surface area contributed by atoms with Crippen molar-refractivity contribution in [2.75, 3.05) is 6.54 Å². The lowest BCUT2D eigenvalue weighted by Crippen LogP contribution is -2.53. The normalized spacial score (nSPS) is 21.2. The predicted molar refractivity (Wildman–Crippen MR) is 144 cm³/mol. The van der Waals surface area contributed by atoms with Crippen molar-refractivity contribution < 1.29 is 26.4 Å². The van der Waals surface area contributed by atoms with Crippen LogP contribution in [0.5, 0.6) is 0 Å². The molecule has 1 aliphatic carbocycles. The van der Waals surface area contributed by atoms with E-state index in [1.165, 1.54) is 24.3 Å². The van der Waals surface area contributed by atoms with Crippen LogP contribution >= 0.6 is 0 Å². The molecule has 4 N–H and O–H groups in total. The fraction of sp³-hybridized carbons (Fsp3) is 0.462. The zero-order valence-corrected chi connectivity index (χ0v) is 23.9. The van der Waals surface area contributed by atoms with Gasteiger partial charge in [0.25, 0.3) is 20.0 Å². The number of carbonyl (C=O) groups excluding carboxylic acids is 2. The molecule has 0 aliphatic heterocycles. The fourth-order valence-electron chi connectivity index (χ4n) is 5.21. The average molecular weight is 565 g/mol. The van der Waals surface area contributed by atoms with E-state index < -0.39 is 37.5 Å². The molecule has 0 heterocycles. The second-order valence-corrected chi connectivity index (χ2v) is 14.6. The molecule has 0 aromatic heterocycles. The van der Waals surface area contributed by atoms with Gasteiger partial charge in [-0.1, -0.05) is 56.2 Å². The smallest absolute Gasteiger partial charge is 0.328 e. The summed E-state index contributed by atoms with van der Waals surface area (Å²) in [6, 6.07) is 10.3. The second-order valence-electron chi connectivity index (χ2n) is 11.3. The largest absolute Gasteiger partial charge is 0.337 e. The summed E-state index contributed by atoms with van der Waals surface area (Å²) in [6.07, 6.45) is 1.76. The summed E-state index contributed by atoms with van der Waals surface area (Å²) in [7, 11) is -8.06. The van der Waals surface area contributed by atoms with Crippen molar-refractivity contribution in [2.24, 2.45) is 10.8 Å². The molecule has 0 bridgehead atoms. The van der Waals surface area contributed by atoms with E-state index in [0.717, 1.165) is 11.1 Å². The van der Waals surface area contributed by atoms with Crippen molar-refractivity contribution in [1.29, 1.82) is 0 Å². The first-order valence-corrected chi connectivity index (χ1v) is 15.2. The first-order chi connectivity index (χ1) is 17.5. The Kier molecular flexibility index (Phi) is 8.47. The van der Waals surface area contributed by atoms with E-state index in [1.807, 2.05) is 39.3 Å². The van der Waals surface area contributed by atoms with Crippen LogP contribution in [0.4, 0.5) is 9.59 Å². The van der Waals surface area contributed by atoms with Gasteiger partial charge in [-0.25, -0.2) is 35.9 Å². The molecule has 1 fully saturated rings. The molecule has 2 aromatic rings. The van der Waals surface area contributed by atoms with E-state index in [-0.39, 0.29) is 27.8 Å². The lowest BCUT2D eigenvalue weighted by atomic mass is 9.62. The van der Waals surface area contributed by atoms with Crippen LogP contribution in [-0.4, -0.2) is 41.5 Å². The van der Waals surface area contributed by atoms with Gasteiger partial charge in [-0.15, -0.1) is 0 Å². The monoisotopic (exact) mass is 564 g/mol. The maximum Gasteiger partial charge on any atom is 0.328 e.